The SMILES string of the molecule is CC(=O)Nc1cccc(NC(=O)CN2CCN(c3ccccn3)CC2)c1. The zero-order valence-corrected chi connectivity index (χ0v) is 14.8. The number of nitrogens with zero attached hydrogens (tertiary/aromatic N) is 3. The second-order valence-corrected chi connectivity index (χ2v) is 6.26. The van der Waals surface area contributed by atoms with Crippen molar-refractivity contribution in [3.05, 3.63) is 48.7 Å². The molecule has 0 saturated carbocycles. The van der Waals surface area contributed by atoms with Crippen LogP contribution in [-0.2, 0) is 9.59 Å². The van der Waals surface area contributed by atoms with E-state index in [1.54, 1.807) is 24.4 Å². The number of piperazine rings is 1. The van der Waals surface area contributed by atoms with Crippen molar-refractivity contribution in [3.63, 3.8) is 0 Å². The standard InChI is InChI=1S/C19H23N5O2/c1-15(25)21-16-5-4-6-17(13-16)22-19(26)14-23-9-11-24(12-10-23)18-7-2-3-8-20-18/h2-8,13H,9-12,14H2,1H3,(H,21,25)(H,22,26). The molecule has 1 aliphatic rings. The van der Waals surface area contributed by atoms with Gasteiger partial charge in [-0.2, -0.15) is 0 Å². The number of hydrogen-bond acceptors (Lipinski definition) is 5. The summed E-state index contributed by atoms with van der Waals surface area (Å²) >= 11 is 0. The lowest BCUT2D eigenvalue weighted by atomic mass is 10.2. The van der Waals surface area contributed by atoms with Crippen molar-refractivity contribution in [1.29, 1.82) is 0 Å². The van der Waals surface area contributed by atoms with E-state index in [0.29, 0.717) is 17.9 Å². The van der Waals surface area contributed by atoms with Crippen LogP contribution >= 0.6 is 0 Å². The normalized spacial score (nSPS) is 14.7. The number of nitrogens with one attached hydrogen (secondary N) is 2. The summed E-state index contributed by atoms with van der Waals surface area (Å²) in [6.45, 7) is 5.13. The highest BCUT2D eigenvalue weighted by Crippen LogP contribution is 2.16. The molecule has 0 spiro atoms. The van der Waals surface area contributed by atoms with E-state index < -0.39 is 0 Å². The lowest BCUT2D eigenvalue weighted by Crippen LogP contribution is -2.48. The predicted octanol–water partition coefficient (Wildman–Crippen LogP) is 1.80. The number of amides is 2. The van der Waals surface area contributed by atoms with Crippen LogP contribution in [0.2, 0.25) is 0 Å². The first kappa shape index (κ1) is 17.9. The maximum atomic E-state index is 12.3. The summed E-state index contributed by atoms with van der Waals surface area (Å²) in [5.41, 5.74) is 1.34. The Balaban J connectivity index is 1.48. The molecule has 2 aromatic rings. The van der Waals surface area contributed by atoms with Gasteiger partial charge in [-0.3, -0.25) is 14.5 Å². The Bertz CT molecular complexity index is 758. The topological polar surface area (TPSA) is 77.6 Å². The van der Waals surface area contributed by atoms with Crippen LogP contribution in [0.5, 0.6) is 0 Å². The summed E-state index contributed by atoms with van der Waals surface area (Å²) < 4.78 is 0. The molecule has 2 heterocycles. The molecule has 7 nitrogen and oxygen atoms in total. The molecule has 3 rings (SSSR count). The van der Waals surface area contributed by atoms with Gasteiger partial charge in [0.1, 0.15) is 5.82 Å². The van der Waals surface area contributed by atoms with E-state index in [-0.39, 0.29) is 11.8 Å². The second-order valence-electron chi connectivity index (χ2n) is 6.26. The smallest absolute Gasteiger partial charge is 0.238 e. The van der Waals surface area contributed by atoms with Crippen molar-refractivity contribution in [2.45, 2.75) is 6.92 Å². The highest BCUT2D eigenvalue weighted by molar-refractivity contribution is 5.94. The van der Waals surface area contributed by atoms with Gasteiger partial charge in [0.2, 0.25) is 11.8 Å². The van der Waals surface area contributed by atoms with Gasteiger partial charge in [0.15, 0.2) is 0 Å². The predicted molar refractivity (Wildman–Crippen MR) is 102 cm³/mol. The van der Waals surface area contributed by atoms with Crippen LogP contribution in [-0.4, -0.2) is 54.4 Å². The van der Waals surface area contributed by atoms with E-state index in [0.717, 1.165) is 32.0 Å². The molecule has 0 unspecified atom stereocenters. The molecule has 0 aliphatic carbocycles. The zero-order valence-electron chi connectivity index (χ0n) is 14.8. The van der Waals surface area contributed by atoms with Crippen molar-refractivity contribution >= 4 is 29.0 Å². The first-order chi connectivity index (χ1) is 12.6. The second kappa shape index (κ2) is 8.44. The van der Waals surface area contributed by atoms with Gasteiger partial charge in [-0.15, -0.1) is 0 Å². The van der Waals surface area contributed by atoms with E-state index in [1.807, 2.05) is 24.3 Å². The van der Waals surface area contributed by atoms with Crippen molar-refractivity contribution in [2.24, 2.45) is 0 Å². The minimum absolute atomic E-state index is 0.0590. The largest absolute Gasteiger partial charge is 0.354 e. The molecule has 0 radical (unpaired) electrons. The van der Waals surface area contributed by atoms with Gasteiger partial charge in [-0.25, -0.2) is 4.98 Å². The summed E-state index contributed by atoms with van der Waals surface area (Å²) in [5.74, 6) is 0.780. The molecule has 26 heavy (non-hydrogen) atoms. The summed E-state index contributed by atoms with van der Waals surface area (Å²) in [6, 6.07) is 13.0. The molecule has 1 aliphatic heterocycles. The summed E-state index contributed by atoms with van der Waals surface area (Å²) in [7, 11) is 0. The minimum atomic E-state index is -0.140. The lowest BCUT2D eigenvalue weighted by Gasteiger charge is -2.34. The Morgan fingerprint density at radius 2 is 1.73 bits per heavy atom. The molecule has 7 heteroatoms. The maximum Gasteiger partial charge on any atom is 0.238 e. The number of rotatable bonds is 5. The minimum Gasteiger partial charge on any atom is -0.354 e. The summed E-state index contributed by atoms with van der Waals surface area (Å²) in [4.78, 5) is 32.2. The molecule has 1 aromatic heterocycles. The molecule has 2 amide bonds. The fourth-order valence-corrected chi connectivity index (χ4v) is 2.96. The van der Waals surface area contributed by atoms with E-state index in [2.05, 4.69) is 25.4 Å². The maximum absolute atomic E-state index is 12.3. The van der Waals surface area contributed by atoms with Crippen molar-refractivity contribution in [2.75, 3.05) is 48.3 Å². The van der Waals surface area contributed by atoms with Gasteiger partial charge >= 0.3 is 0 Å². The van der Waals surface area contributed by atoms with Gasteiger partial charge in [-0.05, 0) is 30.3 Å². The van der Waals surface area contributed by atoms with Gasteiger partial charge < -0.3 is 15.5 Å². The fourth-order valence-electron chi connectivity index (χ4n) is 2.96. The third kappa shape index (κ3) is 5.03. The van der Waals surface area contributed by atoms with Gasteiger partial charge in [0.05, 0.1) is 6.54 Å². The van der Waals surface area contributed by atoms with E-state index in [4.69, 9.17) is 0 Å². The molecule has 2 N–H and O–H groups in total. The molecular formula is C19H23N5O2. The Kier molecular flexibility index (Phi) is 5.80. The third-order valence-corrected chi connectivity index (χ3v) is 4.18. The number of anilines is 3. The number of hydrogen-bond donors (Lipinski definition) is 2. The van der Waals surface area contributed by atoms with Crippen LogP contribution in [0.3, 0.4) is 0 Å². The van der Waals surface area contributed by atoms with Crippen molar-refractivity contribution in [1.82, 2.24) is 9.88 Å². The molecule has 1 fully saturated rings. The molecular weight excluding hydrogens is 330 g/mol. The average molecular weight is 353 g/mol. The number of carbonyl (C=O) groups excluding carboxylic acids is 2. The Labute approximate surface area is 153 Å². The average Bonchev–Trinajstić information content (AvgIpc) is 2.63. The zero-order chi connectivity index (χ0) is 18.4. The van der Waals surface area contributed by atoms with Crippen LogP contribution < -0.4 is 15.5 Å². The monoisotopic (exact) mass is 353 g/mol. The Morgan fingerprint density at radius 3 is 2.38 bits per heavy atom. The van der Waals surface area contributed by atoms with E-state index >= 15 is 0 Å². The van der Waals surface area contributed by atoms with Crippen molar-refractivity contribution in [3.8, 4) is 0 Å². The number of benzene rings is 1. The van der Waals surface area contributed by atoms with Crippen LogP contribution in [0, 0.1) is 0 Å². The Morgan fingerprint density at radius 1 is 1.00 bits per heavy atom. The summed E-state index contributed by atoms with van der Waals surface area (Å²) in [6.07, 6.45) is 1.80. The molecule has 1 aromatic carbocycles. The van der Waals surface area contributed by atoms with Crippen LogP contribution in [0.4, 0.5) is 17.2 Å². The van der Waals surface area contributed by atoms with Gasteiger partial charge in [0, 0.05) is 50.7 Å². The van der Waals surface area contributed by atoms with Gasteiger partial charge in [0.25, 0.3) is 0 Å². The quantitative estimate of drug-likeness (QED) is 0.857. The van der Waals surface area contributed by atoms with Crippen LogP contribution in [0.25, 0.3) is 0 Å². The first-order valence-corrected chi connectivity index (χ1v) is 8.66. The highest BCUT2D eigenvalue weighted by Gasteiger charge is 2.19. The van der Waals surface area contributed by atoms with Gasteiger partial charge in [-0.1, -0.05) is 12.1 Å². The molecule has 1 saturated heterocycles. The third-order valence-electron chi connectivity index (χ3n) is 4.18. The van der Waals surface area contributed by atoms with Crippen LogP contribution in [0.1, 0.15) is 6.92 Å². The number of aromatic nitrogens is 1. The van der Waals surface area contributed by atoms with E-state index in [9.17, 15) is 9.59 Å². The number of carbonyl (C=O) groups is 2. The molecule has 136 valence electrons. The molecule has 0 bridgehead atoms. The fraction of sp³-hybridized carbons (Fsp3) is 0.316. The highest BCUT2D eigenvalue weighted by atomic mass is 16.2. The first-order valence-electron chi connectivity index (χ1n) is 8.66. The van der Waals surface area contributed by atoms with Crippen LogP contribution in [0.15, 0.2) is 48.7 Å². The van der Waals surface area contributed by atoms with Crippen molar-refractivity contribution < 1.29 is 9.59 Å². The summed E-state index contributed by atoms with van der Waals surface area (Å²) in [5, 5.41) is 5.60. The molecule has 0 atom stereocenters. The lowest BCUT2D eigenvalue weighted by molar-refractivity contribution is -0.117. The number of pyridine rings is 1. The van der Waals surface area contributed by atoms with E-state index in [1.165, 1.54) is 6.92 Å². The Hall–Kier alpha value is -2.93.